The van der Waals surface area contributed by atoms with Crippen LogP contribution < -0.4 is 6.15 Å². The number of aromatic nitrogens is 1. The molecule has 0 atom stereocenters. The van der Waals surface area contributed by atoms with E-state index < -0.39 is 5.97 Å². The second-order valence-corrected chi connectivity index (χ2v) is 3.20. The average molecular weight is 225 g/mol. The predicted octanol–water partition coefficient (Wildman–Crippen LogP) is 2.75. The van der Waals surface area contributed by atoms with Crippen LogP contribution in [0.4, 0.5) is 0 Å². The molecule has 0 radical (unpaired) electrons. The number of para-hydroxylation sites is 1. The Morgan fingerprint density at radius 2 is 2.00 bits per heavy atom. The molecule has 0 aliphatic carbocycles. The molecule has 78 valence electrons. The number of aromatic carboxylic acids is 1. The van der Waals surface area contributed by atoms with E-state index in [1.807, 2.05) is 0 Å². The minimum absolute atomic E-state index is 0. The van der Waals surface area contributed by atoms with Gasteiger partial charge in [-0.1, -0.05) is 23.7 Å². The molecule has 1 heterocycles. The van der Waals surface area contributed by atoms with Gasteiger partial charge in [0.05, 0.1) is 11.1 Å². The molecule has 0 amide bonds. The number of hydrogen-bond donors (Lipinski definition) is 2. The maximum atomic E-state index is 10.8. The maximum absolute atomic E-state index is 10.8. The number of pyridine rings is 1. The summed E-state index contributed by atoms with van der Waals surface area (Å²) in [6.45, 7) is 0. The first-order valence-corrected chi connectivity index (χ1v) is 4.35. The predicted molar refractivity (Wildman–Crippen MR) is 58.7 cm³/mol. The van der Waals surface area contributed by atoms with Crippen LogP contribution in [0.15, 0.2) is 30.3 Å². The summed E-state index contributed by atoms with van der Waals surface area (Å²) in [6, 6.07) is 8.37. The van der Waals surface area contributed by atoms with Gasteiger partial charge in [0.25, 0.3) is 0 Å². The molecule has 1 aromatic carbocycles. The number of fused-ring (bicyclic) bond motifs is 1. The molecule has 4 nitrogen and oxygen atoms in total. The quantitative estimate of drug-likeness (QED) is 0.730. The zero-order valence-electron chi connectivity index (χ0n) is 7.77. The molecule has 1 aromatic heterocycles. The Hall–Kier alpha value is -1.65. The summed E-state index contributed by atoms with van der Waals surface area (Å²) < 4.78 is 0. The lowest BCUT2D eigenvalue weighted by atomic mass is 10.1. The van der Waals surface area contributed by atoms with E-state index in [1.165, 1.54) is 6.07 Å². The first kappa shape index (κ1) is 11.4. The topological polar surface area (TPSA) is 85.2 Å². The van der Waals surface area contributed by atoms with Crippen molar-refractivity contribution in [1.82, 2.24) is 11.1 Å². The summed E-state index contributed by atoms with van der Waals surface area (Å²) in [6.07, 6.45) is 0. The highest BCUT2D eigenvalue weighted by molar-refractivity contribution is 6.29. The molecular weight excluding hydrogens is 216 g/mol. The molecule has 0 bridgehead atoms. The normalized spacial score (nSPS) is 9.67. The molecule has 0 unspecified atom stereocenters. The first-order chi connectivity index (χ1) is 6.68. The number of carboxylic acid groups (broad SMARTS) is 1. The van der Waals surface area contributed by atoms with Crippen LogP contribution in [0.25, 0.3) is 10.9 Å². The highest BCUT2D eigenvalue weighted by Crippen LogP contribution is 2.19. The summed E-state index contributed by atoms with van der Waals surface area (Å²) in [5.41, 5.74) is 0.595. The summed E-state index contributed by atoms with van der Waals surface area (Å²) in [5, 5.41) is 9.96. The number of nitrogens with zero attached hydrogens (tertiary/aromatic N) is 1. The molecular formula is C10H9ClN2O2. The van der Waals surface area contributed by atoms with E-state index >= 15 is 0 Å². The zero-order valence-corrected chi connectivity index (χ0v) is 8.53. The van der Waals surface area contributed by atoms with Crippen molar-refractivity contribution < 1.29 is 9.90 Å². The van der Waals surface area contributed by atoms with Crippen LogP contribution in [-0.4, -0.2) is 16.1 Å². The third kappa shape index (κ3) is 2.06. The van der Waals surface area contributed by atoms with Gasteiger partial charge in [-0.3, -0.25) is 0 Å². The Morgan fingerprint density at radius 3 is 2.67 bits per heavy atom. The lowest BCUT2D eigenvalue weighted by Crippen LogP contribution is -1.98. The Kier molecular flexibility index (Phi) is 3.24. The fourth-order valence-corrected chi connectivity index (χ4v) is 1.44. The molecule has 0 saturated heterocycles. The van der Waals surface area contributed by atoms with Crippen molar-refractivity contribution in [1.29, 1.82) is 0 Å². The van der Waals surface area contributed by atoms with Crippen LogP contribution in [0.3, 0.4) is 0 Å². The number of rotatable bonds is 1. The third-order valence-electron chi connectivity index (χ3n) is 1.92. The molecule has 0 spiro atoms. The second kappa shape index (κ2) is 4.25. The monoisotopic (exact) mass is 224 g/mol. The van der Waals surface area contributed by atoms with Gasteiger partial charge in [-0.2, -0.15) is 0 Å². The Morgan fingerprint density at radius 1 is 1.27 bits per heavy atom. The molecule has 2 aromatic rings. The van der Waals surface area contributed by atoms with Crippen molar-refractivity contribution in [2.75, 3.05) is 0 Å². The molecule has 0 aliphatic rings. The van der Waals surface area contributed by atoms with Gasteiger partial charge in [0.15, 0.2) is 0 Å². The molecule has 5 heteroatoms. The number of hydrogen-bond acceptors (Lipinski definition) is 3. The van der Waals surface area contributed by atoms with Crippen molar-refractivity contribution in [2.45, 2.75) is 0 Å². The fourth-order valence-electron chi connectivity index (χ4n) is 1.30. The summed E-state index contributed by atoms with van der Waals surface area (Å²) in [7, 11) is 0. The van der Waals surface area contributed by atoms with Gasteiger partial charge in [0.2, 0.25) is 0 Å². The van der Waals surface area contributed by atoms with Gasteiger partial charge in [0, 0.05) is 5.39 Å². The van der Waals surface area contributed by atoms with E-state index in [1.54, 1.807) is 24.3 Å². The Bertz CT molecular complexity index is 514. The first-order valence-electron chi connectivity index (χ1n) is 3.97. The smallest absolute Gasteiger partial charge is 0.337 e. The number of benzene rings is 1. The van der Waals surface area contributed by atoms with Crippen molar-refractivity contribution in [3.05, 3.63) is 41.0 Å². The number of carboxylic acids is 1. The highest BCUT2D eigenvalue weighted by Gasteiger charge is 2.08. The summed E-state index contributed by atoms with van der Waals surface area (Å²) in [4.78, 5) is 14.8. The van der Waals surface area contributed by atoms with Crippen molar-refractivity contribution in [3.63, 3.8) is 0 Å². The molecule has 4 N–H and O–H groups in total. The van der Waals surface area contributed by atoms with E-state index in [0.717, 1.165) is 5.39 Å². The van der Waals surface area contributed by atoms with Crippen LogP contribution in [0.1, 0.15) is 10.4 Å². The molecule has 0 saturated carbocycles. The van der Waals surface area contributed by atoms with Crippen LogP contribution in [0, 0.1) is 0 Å². The molecule has 15 heavy (non-hydrogen) atoms. The van der Waals surface area contributed by atoms with Crippen LogP contribution in [0.2, 0.25) is 5.15 Å². The SMILES string of the molecule is N.O=C(O)c1cccc2ccc(Cl)nc12. The van der Waals surface area contributed by atoms with Gasteiger partial charge in [0.1, 0.15) is 5.15 Å². The third-order valence-corrected chi connectivity index (χ3v) is 2.13. The van der Waals surface area contributed by atoms with Crippen molar-refractivity contribution in [2.24, 2.45) is 0 Å². The van der Waals surface area contributed by atoms with E-state index in [9.17, 15) is 4.79 Å². The van der Waals surface area contributed by atoms with Crippen LogP contribution >= 0.6 is 11.6 Å². The fraction of sp³-hybridized carbons (Fsp3) is 0. The molecule has 2 rings (SSSR count). The largest absolute Gasteiger partial charge is 0.478 e. The second-order valence-electron chi connectivity index (χ2n) is 2.82. The number of halogens is 1. The van der Waals surface area contributed by atoms with Crippen LogP contribution in [-0.2, 0) is 0 Å². The zero-order chi connectivity index (χ0) is 10.1. The lowest BCUT2D eigenvalue weighted by molar-refractivity contribution is 0.0699. The summed E-state index contributed by atoms with van der Waals surface area (Å²) >= 11 is 5.69. The highest BCUT2D eigenvalue weighted by atomic mass is 35.5. The number of carbonyl (C=O) groups is 1. The van der Waals surface area contributed by atoms with Gasteiger partial charge >= 0.3 is 5.97 Å². The van der Waals surface area contributed by atoms with Crippen LogP contribution in [0.5, 0.6) is 0 Å². The summed E-state index contributed by atoms with van der Waals surface area (Å²) in [5.74, 6) is -0.995. The van der Waals surface area contributed by atoms with Crippen molar-refractivity contribution >= 4 is 28.5 Å². The van der Waals surface area contributed by atoms with Gasteiger partial charge in [-0.05, 0) is 18.2 Å². The van der Waals surface area contributed by atoms with Crippen molar-refractivity contribution in [3.8, 4) is 0 Å². The van der Waals surface area contributed by atoms with Gasteiger partial charge < -0.3 is 11.3 Å². The Balaban J connectivity index is 0.00000112. The minimum atomic E-state index is -0.995. The average Bonchev–Trinajstić information content (AvgIpc) is 2.16. The van der Waals surface area contributed by atoms with E-state index in [-0.39, 0.29) is 11.7 Å². The molecule has 0 aliphatic heterocycles. The minimum Gasteiger partial charge on any atom is -0.478 e. The lowest BCUT2D eigenvalue weighted by Gasteiger charge is -2.00. The van der Waals surface area contributed by atoms with Gasteiger partial charge in [-0.25, -0.2) is 9.78 Å². The molecule has 0 fully saturated rings. The van der Waals surface area contributed by atoms with E-state index in [2.05, 4.69) is 4.98 Å². The van der Waals surface area contributed by atoms with E-state index in [0.29, 0.717) is 10.7 Å². The Labute approximate surface area is 91.1 Å². The van der Waals surface area contributed by atoms with E-state index in [4.69, 9.17) is 16.7 Å². The standard InChI is InChI=1S/C10H6ClNO2.H3N/c11-8-5-4-6-2-1-3-7(10(13)14)9(6)12-8;/h1-5H,(H,13,14);1H3. The maximum Gasteiger partial charge on any atom is 0.337 e. The van der Waals surface area contributed by atoms with Gasteiger partial charge in [-0.15, -0.1) is 0 Å².